The Bertz CT molecular complexity index is 298. The van der Waals surface area contributed by atoms with Gasteiger partial charge < -0.3 is 20.0 Å². The van der Waals surface area contributed by atoms with Crippen LogP contribution < -0.4 is 15.3 Å². The molecule has 0 unspecified atom stereocenters. The molecule has 0 aliphatic carbocycles. The van der Waals surface area contributed by atoms with Gasteiger partial charge >= 0.3 is 0 Å². The summed E-state index contributed by atoms with van der Waals surface area (Å²) < 4.78 is 5.44. The van der Waals surface area contributed by atoms with Crippen LogP contribution in [0.5, 0.6) is 0 Å². The van der Waals surface area contributed by atoms with Gasteiger partial charge in [0.1, 0.15) is 16.7 Å². The van der Waals surface area contributed by atoms with E-state index in [1.807, 2.05) is 13.8 Å². The second kappa shape index (κ2) is 4.37. The first-order chi connectivity index (χ1) is 6.94. The molecule has 0 bridgehead atoms. The van der Waals surface area contributed by atoms with E-state index in [1.54, 1.807) is 0 Å². The molecular formula is C8H14N4O3. The van der Waals surface area contributed by atoms with E-state index >= 15 is 0 Å². The molecule has 0 aromatic rings. The number of rotatable bonds is 2. The lowest BCUT2D eigenvalue weighted by molar-refractivity contribution is -0.253. The summed E-state index contributed by atoms with van der Waals surface area (Å²) in [6, 6.07) is -0.860. The van der Waals surface area contributed by atoms with Crippen LogP contribution in [0.3, 0.4) is 0 Å². The summed E-state index contributed by atoms with van der Waals surface area (Å²) in [5.74, 6) is 0. The molecule has 1 fully saturated rings. The lowest BCUT2D eigenvalue weighted by atomic mass is 9.91. The molecule has 0 spiro atoms. The molecule has 2 N–H and O–H groups in total. The highest BCUT2D eigenvalue weighted by Gasteiger charge is 2.38. The molecule has 1 aliphatic heterocycles. The van der Waals surface area contributed by atoms with Crippen LogP contribution in [0.2, 0.25) is 0 Å². The molecule has 0 saturated carbocycles. The molecule has 1 amide bonds. The number of carboxylic acid groups (broad SMARTS) is 1. The van der Waals surface area contributed by atoms with Gasteiger partial charge in [-0.25, -0.2) is 0 Å². The van der Waals surface area contributed by atoms with Gasteiger partial charge in [0.25, 0.3) is 0 Å². The van der Waals surface area contributed by atoms with Crippen molar-refractivity contribution in [1.29, 1.82) is 5.53 Å². The zero-order valence-electron chi connectivity index (χ0n) is 8.69. The highest BCUT2D eigenvalue weighted by molar-refractivity contribution is 5.62. The summed E-state index contributed by atoms with van der Waals surface area (Å²) in [4.78, 5) is 13.3. The van der Waals surface area contributed by atoms with Crippen LogP contribution in [0.4, 0.5) is 4.79 Å². The maximum atomic E-state index is 10.4. The predicted octanol–water partition coefficient (Wildman–Crippen LogP) is -0.594. The third kappa shape index (κ3) is 3.30. The maximum Gasteiger partial charge on any atom is 0.214 e. The largest absolute Gasteiger partial charge is 0.530 e. The number of carbonyl (C=O) groups excluding carboxylic acids is 1. The van der Waals surface area contributed by atoms with Crippen LogP contribution in [0.15, 0.2) is 5.11 Å². The number of carbonyl (C=O) groups is 1. The standard InChI is InChI=1S/C8H14N4O3/c1-8(2)3-5(11-12-9)6(4-15-8)10-7(13)14/h5-6,9-10H,3-4H2,1-2H3/t5-,6+/m0/s1. The Labute approximate surface area is 87.0 Å². The Morgan fingerprint density at radius 2 is 2.40 bits per heavy atom. The molecule has 7 heteroatoms. The molecule has 0 radical (unpaired) electrons. The van der Waals surface area contributed by atoms with Gasteiger partial charge in [0.2, 0.25) is 4.91 Å². The molecule has 0 aromatic carbocycles. The molecule has 1 saturated heterocycles. The van der Waals surface area contributed by atoms with Crippen molar-refractivity contribution in [2.75, 3.05) is 6.61 Å². The molecule has 7 nitrogen and oxygen atoms in total. The van der Waals surface area contributed by atoms with Gasteiger partial charge in [-0.2, -0.15) is 0 Å². The molecule has 1 heterocycles. The number of nitrogens with one attached hydrogen (secondary N) is 2. The van der Waals surface area contributed by atoms with E-state index in [0.29, 0.717) is 6.42 Å². The number of amides is 1. The third-order valence-electron chi connectivity index (χ3n) is 2.33. The van der Waals surface area contributed by atoms with Crippen LogP contribution in [0.1, 0.15) is 20.3 Å². The minimum absolute atomic E-state index is 0.213. The highest BCUT2D eigenvalue weighted by Crippen LogP contribution is 2.25. The van der Waals surface area contributed by atoms with E-state index in [4.69, 9.17) is 10.3 Å². The molecule has 1 rings (SSSR count). The van der Waals surface area contributed by atoms with Gasteiger partial charge in [0.15, 0.2) is 6.04 Å². The van der Waals surface area contributed by atoms with Crippen LogP contribution >= 0.6 is 0 Å². The quantitative estimate of drug-likeness (QED) is 0.473. The molecule has 2 atom stereocenters. The molecule has 1 aliphatic rings. The normalized spacial score (nSPS) is 28.9. The predicted molar refractivity (Wildman–Crippen MR) is 48.0 cm³/mol. The minimum atomic E-state index is -1.37. The van der Waals surface area contributed by atoms with E-state index in [9.17, 15) is 9.90 Å². The molecule has 15 heavy (non-hydrogen) atoms. The van der Waals surface area contributed by atoms with Crippen molar-refractivity contribution in [1.82, 2.24) is 10.2 Å². The van der Waals surface area contributed by atoms with E-state index in [1.165, 1.54) is 0 Å². The fourth-order valence-electron chi connectivity index (χ4n) is 1.62. The van der Waals surface area contributed by atoms with Crippen molar-refractivity contribution in [2.24, 2.45) is 5.11 Å². The van der Waals surface area contributed by atoms with Crippen LogP contribution in [0, 0.1) is 5.53 Å². The zero-order valence-corrected chi connectivity index (χ0v) is 8.69. The number of hydrogen-bond donors (Lipinski definition) is 2. The number of ether oxygens (including phenoxy) is 1. The second-order valence-electron chi connectivity index (χ2n) is 4.10. The summed E-state index contributed by atoms with van der Waals surface area (Å²) in [6.45, 7) is 3.98. The maximum absolute atomic E-state index is 10.4. The van der Waals surface area contributed by atoms with Gasteiger partial charge in [-0.1, -0.05) is 0 Å². The van der Waals surface area contributed by atoms with Crippen LogP contribution in [-0.2, 0) is 4.74 Å². The fraction of sp³-hybridized carbons (Fsp3) is 0.875. The van der Waals surface area contributed by atoms with Gasteiger partial charge in [-0.3, -0.25) is 0 Å². The zero-order chi connectivity index (χ0) is 11.5. The van der Waals surface area contributed by atoms with Crippen molar-refractivity contribution in [3.8, 4) is 0 Å². The molecule has 0 aromatic heterocycles. The first-order valence-corrected chi connectivity index (χ1v) is 4.62. The Morgan fingerprint density at radius 3 is 2.93 bits per heavy atom. The van der Waals surface area contributed by atoms with Crippen molar-refractivity contribution >= 4 is 6.09 Å². The second-order valence-corrected chi connectivity index (χ2v) is 4.10. The van der Waals surface area contributed by atoms with Crippen LogP contribution in [0.25, 0.3) is 0 Å². The minimum Gasteiger partial charge on any atom is -0.530 e. The summed E-state index contributed by atoms with van der Waals surface area (Å²) in [5.41, 5.74) is 6.30. The summed E-state index contributed by atoms with van der Waals surface area (Å²) in [6.07, 6.45) is -0.853. The SMILES string of the molecule is CC1(C)C[C@H](N=[N+]=N)[C@H](NC(=O)[O-])CO1. The van der Waals surface area contributed by atoms with Crippen molar-refractivity contribution in [3.63, 3.8) is 0 Å². The Morgan fingerprint density at radius 1 is 1.73 bits per heavy atom. The highest BCUT2D eigenvalue weighted by atomic mass is 16.5. The molecule has 84 valence electrons. The third-order valence-corrected chi connectivity index (χ3v) is 2.33. The van der Waals surface area contributed by atoms with Gasteiger partial charge in [-0.15, -0.1) is 0 Å². The van der Waals surface area contributed by atoms with Gasteiger partial charge in [0.05, 0.1) is 18.2 Å². The average Bonchev–Trinajstić information content (AvgIpc) is 2.09. The monoisotopic (exact) mass is 214 g/mol. The Hall–Kier alpha value is -1.46. The Balaban J connectivity index is 2.71. The van der Waals surface area contributed by atoms with E-state index in [0.717, 1.165) is 0 Å². The lowest BCUT2D eigenvalue weighted by Crippen LogP contribution is -2.56. The van der Waals surface area contributed by atoms with Gasteiger partial charge in [0, 0.05) is 6.42 Å². The van der Waals surface area contributed by atoms with Crippen molar-refractivity contribution < 1.29 is 14.6 Å². The lowest BCUT2D eigenvalue weighted by Gasteiger charge is -2.37. The summed E-state index contributed by atoms with van der Waals surface area (Å²) in [7, 11) is 0. The topological polar surface area (TPSA) is 112 Å². The van der Waals surface area contributed by atoms with E-state index in [2.05, 4.69) is 15.3 Å². The first kappa shape index (κ1) is 11.6. The van der Waals surface area contributed by atoms with Gasteiger partial charge in [-0.05, 0) is 13.8 Å². The van der Waals surface area contributed by atoms with Crippen LogP contribution in [-0.4, -0.2) is 30.4 Å². The molecular weight excluding hydrogens is 200 g/mol. The smallest absolute Gasteiger partial charge is 0.214 e. The fourth-order valence-corrected chi connectivity index (χ4v) is 1.62. The number of hydrogen-bond acceptors (Lipinski definition) is 5. The first-order valence-electron chi connectivity index (χ1n) is 4.62. The van der Waals surface area contributed by atoms with Crippen molar-refractivity contribution in [2.45, 2.75) is 38.0 Å². The Kier molecular flexibility index (Phi) is 3.39. The average molecular weight is 214 g/mol. The number of nitrogens with zero attached hydrogens (tertiary/aromatic N) is 2. The summed E-state index contributed by atoms with van der Waals surface area (Å²) in [5, 5.41) is 16.3. The van der Waals surface area contributed by atoms with Crippen molar-refractivity contribution in [3.05, 3.63) is 0 Å². The van der Waals surface area contributed by atoms with E-state index < -0.39 is 12.1 Å². The van der Waals surface area contributed by atoms with E-state index in [-0.39, 0.29) is 18.2 Å². The summed E-state index contributed by atoms with van der Waals surface area (Å²) >= 11 is 0.